The zero-order valence-corrected chi connectivity index (χ0v) is 20.7. The Hall–Kier alpha value is -1.24. The van der Waals surface area contributed by atoms with Crippen LogP contribution in [0.25, 0.3) is 0 Å². The summed E-state index contributed by atoms with van der Waals surface area (Å²) in [6.45, 7) is 7.68. The third-order valence-electron chi connectivity index (χ3n) is 5.02. The van der Waals surface area contributed by atoms with Crippen molar-refractivity contribution >= 4 is 51.3 Å². The van der Waals surface area contributed by atoms with Gasteiger partial charge in [-0.15, -0.1) is 23.7 Å². The molecule has 0 saturated carbocycles. The van der Waals surface area contributed by atoms with Crippen molar-refractivity contribution in [3.05, 3.63) is 28.2 Å². The van der Waals surface area contributed by atoms with Crippen LogP contribution in [0.5, 0.6) is 0 Å². The normalized spacial score (nSPS) is 15.6. The number of aryl methyl sites for hydroxylation is 1. The molecule has 0 unspecified atom stereocenters. The fourth-order valence-corrected chi connectivity index (χ4v) is 6.36. The molecular weight excluding hydrogens is 485 g/mol. The first kappa shape index (κ1) is 26.0. The average Bonchev–Trinajstić information content (AvgIpc) is 3.37. The zero-order chi connectivity index (χ0) is 21.7. The Bertz CT molecular complexity index is 954. The van der Waals surface area contributed by atoms with Crippen molar-refractivity contribution in [3.63, 3.8) is 0 Å². The summed E-state index contributed by atoms with van der Waals surface area (Å²) in [6, 6.07) is 3.14. The molecule has 0 atom stereocenters. The first-order chi connectivity index (χ1) is 14.3. The van der Waals surface area contributed by atoms with Crippen molar-refractivity contribution in [1.82, 2.24) is 24.2 Å². The Morgan fingerprint density at radius 3 is 2.48 bits per heavy atom. The largest absolute Gasteiger partial charge is 0.343 e. The van der Waals surface area contributed by atoms with Crippen LogP contribution < -0.4 is 0 Å². The summed E-state index contributed by atoms with van der Waals surface area (Å²) in [7, 11) is -3.51. The Morgan fingerprint density at radius 1 is 1.23 bits per heavy atom. The third-order valence-corrected chi connectivity index (χ3v) is 8.62. The van der Waals surface area contributed by atoms with Crippen molar-refractivity contribution < 1.29 is 17.7 Å². The molecular formula is C18H27Cl2N5O4S2. The van der Waals surface area contributed by atoms with Crippen LogP contribution in [-0.2, 0) is 27.8 Å². The second kappa shape index (κ2) is 11.6. The highest BCUT2D eigenvalue weighted by atomic mass is 35.5. The molecule has 0 bridgehead atoms. The fourth-order valence-electron chi connectivity index (χ4n) is 3.30. The number of carbonyl (C=O) groups excluding carboxylic acids is 1. The van der Waals surface area contributed by atoms with Gasteiger partial charge < -0.3 is 9.42 Å². The monoisotopic (exact) mass is 511 g/mol. The van der Waals surface area contributed by atoms with Gasteiger partial charge in [-0.1, -0.05) is 16.8 Å². The van der Waals surface area contributed by atoms with Gasteiger partial charge in [-0.3, -0.25) is 9.69 Å². The van der Waals surface area contributed by atoms with E-state index < -0.39 is 10.0 Å². The Balaban J connectivity index is 0.00000341. The van der Waals surface area contributed by atoms with Crippen molar-refractivity contribution in [2.75, 3.05) is 39.3 Å². The molecule has 1 aliphatic heterocycles. The second-order valence-corrected chi connectivity index (χ2v) is 10.8. The predicted octanol–water partition coefficient (Wildman–Crippen LogP) is 2.51. The summed E-state index contributed by atoms with van der Waals surface area (Å²) in [4.78, 5) is 20.3. The van der Waals surface area contributed by atoms with Gasteiger partial charge in [-0.05, 0) is 26.0 Å². The number of nitrogens with zero attached hydrogens (tertiary/aromatic N) is 5. The van der Waals surface area contributed by atoms with Crippen molar-refractivity contribution in [2.24, 2.45) is 0 Å². The van der Waals surface area contributed by atoms with E-state index in [-0.39, 0.29) is 22.5 Å². The molecule has 31 heavy (non-hydrogen) atoms. The molecule has 2 aromatic rings. The molecule has 1 fully saturated rings. The van der Waals surface area contributed by atoms with Crippen molar-refractivity contribution in [1.29, 1.82) is 0 Å². The number of thiophene rings is 1. The highest BCUT2D eigenvalue weighted by Gasteiger charge is 2.30. The smallest absolute Gasteiger partial charge is 0.252 e. The summed E-state index contributed by atoms with van der Waals surface area (Å²) in [5, 5.41) is 3.99. The van der Waals surface area contributed by atoms with E-state index in [1.54, 1.807) is 17.0 Å². The van der Waals surface area contributed by atoms with E-state index in [1.165, 1.54) is 4.31 Å². The van der Waals surface area contributed by atoms with Gasteiger partial charge in [0.25, 0.3) is 10.0 Å². The van der Waals surface area contributed by atoms with Crippen LogP contribution in [0.2, 0.25) is 4.34 Å². The fraction of sp³-hybridized carbons (Fsp3) is 0.611. The number of piperazine rings is 1. The van der Waals surface area contributed by atoms with Gasteiger partial charge in [-0.2, -0.15) is 9.29 Å². The van der Waals surface area contributed by atoms with Crippen LogP contribution in [0, 0.1) is 0 Å². The summed E-state index contributed by atoms with van der Waals surface area (Å²) in [6.07, 6.45) is 0.754. The van der Waals surface area contributed by atoms with E-state index in [2.05, 4.69) is 15.0 Å². The molecule has 1 saturated heterocycles. The summed E-state index contributed by atoms with van der Waals surface area (Å²) >= 11 is 6.94. The molecule has 0 aliphatic carbocycles. The van der Waals surface area contributed by atoms with Crippen molar-refractivity contribution in [2.45, 2.75) is 37.4 Å². The number of halogens is 2. The van der Waals surface area contributed by atoms with Gasteiger partial charge in [0.05, 0.1) is 10.9 Å². The molecule has 0 spiro atoms. The first-order valence-electron chi connectivity index (χ1n) is 9.90. The van der Waals surface area contributed by atoms with E-state index >= 15 is 0 Å². The lowest BCUT2D eigenvalue weighted by Crippen LogP contribution is -2.48. The maximum Gasteiger partial charge on any atom is 0.252 e. The van der Waals surface area contributed by atoms with Crippen LogP contribution in [0.3, 0.4) is 0 Å². The van der Waals surface area contributed by atoms with Crippen LogP contribution in [0.4, 0.5) is 0 Å². The van der Waals surface area contributed by atoms with Crippen LogP contribution >= 0.6 is 35.3 Å². The molecule has 3 heterocycles. The predicted molar refractivity (Wildman–Crippen MR) is 121 cm³/mol. The van der Waals surface area contributed by atoms with Gasteiger partial charge in [0.1, 0.15) is 4.21 Å². The Morgan fingerprint density at radius 2 is 1.90 bits per heavy atom. The lowest BCUT2D eigenvalue weighted by molar-refractivity contribution is -0.130. The summed E-state index contributed by atoms with van der Waals surface area (Å²) in [5.41, 5.74) is 0. The average molecular weight is 512 g/mol. The number of hydrogen-bond donors (Lipinski definition) is 0. The highest BCUT2D eigenvalue weighted by molar-refractivity contribution is 7.91. The molecule has 2 aromatic heterocycles. The minimum Gasteiger partial charge on any atom is -0.343 e. The van der Waals surface area contributed by atoms with Crippen LogP contribution in [0.1, 0.15) is 32.0 Å². The molecule has 13 heteroatoms. The lowest BCUT2D eigenvalue weighted by Gasteiger charge is -2.32. The number of aromatic nitrogens is 2. The van der Waals surface area contributed by atoms with E-state index in [1.807, 2.05) is 13.8 Å². The van der Waals surface area contributed by atoms with Gasteiger partial charge in [0.2, 0.25) is 11.8 Å². The quantitative estimate of drug-likeness (QED) is 0.509. The topological polar surface area (TPSA) is 99.9 Å². The highest BCUT2D eigenvalue weighted by Crippen LogP contribution is 2.28. The SMILES string of the molecule is CCN(CC)C(=O)CCc1nc(CN2CCN(S(=O)(=O)c3ccc(Cl)s3)CC2)no1.Cl. The maximum atomic E-state index is 12.7. The first-order valence-corrected chi connectivity index (χ1v) is 12.5. The number of amides is 1. The molecule has 174 valence electrons. The molecule has 9 nitrogen and oxygen atoms in total. The number of rotatable bonds is 9. The third kappa shape index (κ3) is 6.62. The standard InChI is InChI=1S/C18H26ClN5O4S2.ClH/c1-3-23(4-2)17(25)7-6-16-20-15(21-28-16)13-22-9-11-24(12-10-22)30(26,27)18-8-5-14(19)29-18;/h5,8H,3-4,6-7,9-13H2,1-2H3;1H. The molecule has 1 aliphatic rings. The molecule has 0 N–H and O–H groups in total. The number of hydrogen-bond acceptors (Lipinski definition) is 8. The summed E-state index contributed by atoms with van der Waals surface area (Å²) < 4.78 is 32.8. The maximum absolute atomic E-state index is 12.7. The lowest BCUT2D eigenvalue weighted by atomic mass is 10.2. The van der Waals surface area contributed by atoms with Gasteiger partial charge in [-0.25, -0.2) is 8.42 Å². The Kier molecular flexibility index (Phi) is 9.71. The number of carbonyl (C=O) groups is 1. The van der Waals surface area contributed by atoms with E-state index in [0.717, 1.165) is 11.3 Å². The Labute approximate surface area is 197 Å². The molecule has 0 radical (unpaired) electrons. The second-order valence-electron chi connectivity index (χ2n) is 6.91. The van der Waals surface area contributed by atoms with Gasteiger partial charge >= 0.3 is 0 Å². The van der Waals surface area contributed by atoms with E-state index in [9.17, 15) is 13.2 Å². The summed E-state index contributed by atoms with van der Waals surface area (Å²) in [5.74, 6) is 1.06. The molecule has 1 amide bonds. The van der Waals surface area contributed by atoms with Crippen LogP contribution in [0.15, 0.2) is 20.9 Å². The van der Waals surface area contributed by atoms with Crippen molar-refractivity contribution in [3.8, 4) is 0 Å². The zero-order valence-electron chi connectivity index (χ0n) is 17.5. The number of sulfonamides is 1. The molecule has 3 rings (SSSR count). The minimum absolute atomic E-state index is 0. The van der Waals surface area contributed by atoms with Crippen LogP contribution in [-0.4, -0.2) is 77.8 Å². The van der Waals surface area contributed by atoms with E-state index in [0.29, 0.717) is 74.7 Å². The van der Waals surface area contributed by atoms with E-state index in [4.69, 9.17) is 16.1 Å². The van der Waals surface area contributed by atoms with Gasteiger partial charge in [0.15, 0.2) is 5.82 Å². The van der Waals surface area contributed by atoms with Gasteiger partial charge in [0, 0.05) is 52.1 Å². The minimum atomic E-state index is -3.51. The molecule has 0 aromatic carbocycles.